The predicted octanol–water partition coefficient (Wildman–Crippen LogP) is 5.75. The molecular formula is C23H17BrClN3O3. The molecule has 0 aliphatic rings. The van der Waals surface area contributed by atoms with Crippen LogP contribution in [0.2, 0.25) is 5.02 Å². The molecule has 2 aromatic carbocycles. The predicted molar refractivity (Wildman–Crippen MR) is 124 cm³/mol. The van der Waals surface area contributed by atoms with E-state index in [1.165, 1.54) is 18.2 Å². The van der Waals surface area contributed by atoms with Crippen molar-refractivity contribution in [1.82, 2.24) is 4.57 Å². The standard InChI is InChI=1S/C23H17BrClN3O3/c1-13-8-15(9-16(12-26)22(29)27-18-5-3-4-17(24)10-18)14(2)28(13)19-6-7-21(25)20(11-19)23(30)31/h3-11H,1-2H3,(H,27,29)(H,30,31)/b16-9-. The summed E-state index contributed by atoms with van der Waals surface area (Å²) in [6.45, 7) is 3.68. The fourth-order valence-electron chi connectivity index (χ4n) is 3.22. The van der Waals surface area contributed by atoms with Gasteiger partial charge in [0.1, 0.15) is 11.6 Å². The van der Waals surface area contributed by atoms with Crippen molar-refractivity contribution in [3.63, 3.8) is 0 Å². The highest BCUT2D eigenvalue weighted by molar-refractivity contribution is 9.10. The Morgan fingerprint density at radius 1 is 1.19 bits per heavy atom. The molecule has 0 saturated heterocycles. The molecular weight excluding hydrogens is 482 g/mol. The summed E-state index contributed by atoms with van der Waals surface area (Å²) in [5, 5.41) is 21.7. The minimum atomic E-state index is -1.12. The maximum Gasteiger partial charge on any atom is 0.337 e. The number of rotatable bonds is 5. The molecule has 3 rings (SSSR count). The van der Waals surface area contributed by atoms with Gasteiger partial charge in [-0.05, 0) is 68.0 Å². The maximum absolute atomic E-state index is 12.6. The summed E-state index contributed by atoms with van der Waals surface area (Å²) >= 11 is 9.32. The second-order valence-electron chi connectivity index (χ2n) is 6.77. The van der Waals surface area contributed by atoms with Crippen molar-refractivity contribution in [2.24, 2.45) is 0 Å². The van der Waals surface area contributed by atoms with Crippen LogP contribution in [0.1, 0.15) is 27.3 Å². The molecule has 0 atom stereocenters. The van der Waals surface area contributed by atoms with E-state index in [4.69, 9.17) is 11.6 Å². The van der Waals surface area contributed by atoms with Crippen molar-refractivity contribution in [2.75, 3.05) is 5.32 Å². The number of carbonyl (C=O) groups excluding carboxylic acids is 1. The molecule has 0 aliphatic carbocycles. The molecule has 0 radical (unpaired) electrons. The zero-order chi connectivity index (χ0) is 22.7. The minimum Gasteiger partial charge on any atom is -0.478 e. The molecule has 0 saturated carbocycles. The third-order valence-corrected chi connectivity index (χ3v) is 5.48. The molecule has 8 heteroatoms. The number of nitrogens with zero attached hydrogens (tertiary/aromatic N) is 2. The van der Waals surface area contributed by atoms with Gasteiger partial charge in [-0.3, -0.25) is 4.79 Å². The van der Waals surface area contributed by atoms with E-state index in [0.29, 0.717) is 16.9 Å². The van der Waals surface area contributed by atoms with Crippen LogP contribution < -0.4 is 5.32 Å². The average Bonchev–Trinajstić information content (AvgIpc) is 2.99. The lowest BCUT2D eigenvalue weighted by atomic mass is 10.1. The number of carbonyl (C=O) groups is 2. The Kier molecular flexibility index (Phi) is 6.64. The van der Waals surface area contributed by atoms with Gasteiger partial charge < -0.3 is 15.0 Å². The number of hydrogen-bond donors (Lipinski definition) is 2. The number of benzene rings is 2. The van der Waals surface area contributed by atoms with Crippen molar-refractivity contribution >= 4 is 51.2 Å². The van der Waals surface area contributed by atoms with E-state index in [-0.39, 0.29) is 16.2 Å². The lowest BCUT2D eigenvalue weighted by Crippen LogP contribution is -2.13. The average molecular weight is 499 g/mol. The van der Waals surface area contributed by atoms with E-state index in [2.05, 4.69) is 21.2 Å². The summed E-state index contributed by atoms with van der Waals surface area (Å²) in [5.74, 6) is -1.64. The number of anilines is 1. The Balaban J connectivity index is 1.98. The molecule has 31 heavy (non-hydrogen) atoms. The van der Waals surface area contributed by atoms with Crippen LogP contribution in [0.5, 0.6) is 0 Å². The quantitative estimate of drug-likeness (QED) is 0.346. The molecule has 1 heterocycles. The summed E-state index contributed by atoms with van der Waals surface area (Å²) < 4.78 is 2.65. The second kappa shape index (κ2) is 9.21. The Morgan fingerprint density at radius 2 is 1.94 bits per heavy atom. The smallest absolute Gasteiger partial charge is 0.337 e. The molecule has 0 aliphatic heterocycles. The van der Waals surface area contributed by atoms with Crippen LogP contribution in [0.15, 0.2) is 58.6 Å². The third-order valence-electron chi connectivity index (χ3n) is 4.66. The lowest BCUT2D eigenvalue weighted by Gasteiger charge is -2.11. The van der Waals surface area contributed by atoms with Crippen molar-refractivity contribution < 1.29 is 14.7 Å². The molecule has 1 amide bonds. The van der Waals surface area contributed by atoms with Gasteiger partial charge in [-0.15, -0.1) is 0 Å². The highest BCUT2D eigenvalue weighted by atomic mass is 79.9. The van der Waals surface area contributed by atoms with Gasteiger partial charge in [0.15, 0.2) is 0 Å². The van der Waals surface area contributed by atoms with Crippen LogP contribution in [-0.4, -0.2) is 21.6 Å². The Hall–Kier alpha value is -3.34. The van der Waals surface area contributed by atoms with Crippen LogP contribution in [0.3, 0.4) is 0 Å². The van der Waals surface area contributed by atoms with E-state index in [1.807, 2.05) is 36.6 Å². The number of aromatic carboxylic acids is 1. The molecule has 6 nitrogen and oxygen atoms in total. The number of nitrogens with one attached hydrogen (secondary N) is 1. The molecule has 0 bridgehead atoms. The summed E-state index contributed by atoms with van der Waals surface area (Å²) in [7, 11) is 0. The fraction of sp³-hybridized carbons (Fsp3) is 0.0870. The normalized spacial score (nSPS) is 11.1. The molecule has 156 valence electrons. The molecule has 2 N–H and O–H groups in total. The minimum absolute atomic E-state index is 0.00475. The first-order valence-corrected chi connectivity index (χ1v) is 10.3. The topological polar surface area (TPSA) is 95.1 Å². The summed E-state index contributed by atoms with van der Waals surface area (Å²) in [5.41, 5.74) is 3.36. The zero-order valence-electron chi connectivity index (χ0n) is 16.6. The Morgan fingerprint density at radius 3 is 2.58 bits per heavy atom. The molecule has 0 fully saturated rings. The Bertz CT molecular complexity index is 1270. The van der Waals surface area contributed by atoms with Crippen molar-refractivity contribution in [3.05, 3.63) is 86.1 Å². The number of nitriles is 1. The van der Waals surface area contributed by atoms with Gasteiger partial charge >= 0.3 is 5.97 Å². The number of hydrogen-bond acceptors (Lipinski definition) is 3. The fourth-order valence-corrected chi connectivity index (χ4v) is 3.81. The number of aryl methyl sites for hydroxylation is 1. The Labute approximate surface area is 192 Å². The first kappa shape index (κ1) is 22.3. The van der Waals surface area contributed by atoms with Crippen LogP contribution in [0.4, 0.5) is 5.69 Å². The van der Waals surface area contributed by atoms with Crippen LogP contribution in [0.25, 0.3) is 11.8 Å². The van der Waals surface area contributed by atoms with E-state index < -0.39 is 11.9 Å². The van der Waals surface area contributed by atoms with Gasteiger partial charge in [0.2, 0.25) is 0 Å². The highest BCUT2D eigenvalue weighted by Crippen LogP contribution is 2.26. The zero-order valence-corrected chi connectivity index (χ0v) is 19.0. The number of carboxylic acids is 1. The number of carboxylic acid groups (broad SMARTS) is 1. The van der Waals surface area contributed by atoms with Crippen molar-refractivity contribution in [1.29, 1.82) is 5.26 Å². The highest BCUT2D eigenvalue weighted by Gasteiger charge is 2.16. The van der Waals surface area contributed by atoms with E-state index >= 15 is 0 Å². The number of aromatic nitrogens is 1. The van der Waals surface area contributed by atoms with Gasteiger partial charge in [-0.25, -0.2) is 4.79 Å². The van der Waals surface area contributed by atoms with Crippen LogP contribution >= 0.6 is 27.5 Å². The third kappa shape index (κ3) is 4.88. The summed E-state index contributed by atoms with van der Waals surface area (Å²) in [4.78, 5) is 24.0. The van der Waals surface area contributed by atoms with Crippen LogP contribution in [-0.2, 0) is 4.79 Å². The van der Waals surface area contributed by atoms with Gasteiger partial charge in [0.05, 0.1) is 10.6 Å². The first-order valence-electron chi connectivity index (χ1n) is 9.12. The van der Waals surface area contributed by atoms with Gasteiger partial charge in [-0.1, -0.05) is 33.6 Å². The number of halogens is 2. The van der Waals surface area contributed by atoms with Crippen molar-refractivity contribution in [3.8, 4) is 11.8 Å². The number of amides is 1. The summed E-state index contributed by atoms with van der Waals surface area (Å²) in [6.07, 6.45) is 1.51. The van der Waals surface area contributed by atoms with Gasteiger partial charge in [-0.2, -0.15) is 5.26 Å². The molecule has 0 unspecified atom stereocenters. The summed E-state index contributed by atoms with van der Waals surface area (Å²) in [6, 6.07) is 15.6. The van der Waals surface area contributed by atoms with E-state index in [9.17, 15) is 20.0 Å². The molecule has 0 spiro atoms. The lowest BCUT2D eigenvalue weighted by molar-refractivity contribution is -0.112. The van der Waals surface area contributed by atoms with E-state index in [0.717, 1.165) is 15.9 Å². The molecule has 3 aromatic rings. The SMILES string of the molecule is Cc1cc(/C=C(/C#N)C(=O)Nc2cccc(Br)c2)c(C)n1-c1ccc(Cl)c(C(=O)O)c1. The first-order chi connectivity index (χ1) is 14.7. The second-order valence-corrected chi connectivity index (χ2v) is 8.09. The van der Waals surface area contributed by atoms with E-state index in [1.54, 1.807) is 24.3 Å². The van der Waals surface area contributed by atoms with Gasteiger partial charge in [0.25, 0.3) is 5.91 Å². The largest absolute Gasteiger partial charge is 0.478 e. The maximum atomic E-state index is 12.6. The van der Waals surface area contributed by atoms with Crippen LogP contribution in [0, 0.1) is 25.2 Å². The molecule has 1 aromatic heterocycles. The van der Waals surface area contributed by atoms with Gasteiger partial charge in [0, 0.05) is 27.2 Å². The monoisotopic (exact) mass is 497 g/mol. The van der Waals surface area contributed by atoms with Crippen molar-refractivity contribution in [2.45, 2.75) is 13.8 Å².